The Morgan fingerprint density at radius 2 is 1.48 bits per heavy atom. The third-order valence-electron chi connectivity index (χ3n) is 6.94. The number of carbonyl (C=O) groups excluding carboxylic acids is 1. The highest BCUT2D eigenvalue weighted by Gasteiger charge is 2.19. The Morgan fingerprint density at radius 1 is 0.810 bits per heavy atom. The Morgan fingerprint density at radius 3 is 2.19 bits per heavy atom. The third kappa shape index (κ3) is 6.67. The maximum atomic E-state index is 13.8. The minimum absolute atomic E-state index is 0.0349. The van der Waals surface area contributed by atoms with Crippen molar-refractivity contribution < 1.29 is 9.21 Å². The highest BCUT2D eigenvalue weighted by molar-refractivity contribution is 6.11. The highest BCUT2D eigenvalue weighted by Crippen LogP contribution is 2.24. The van der Waals surface area contributed by atoms with Crippen molar-refractivity contribution in [3.8, 4) is 0 Å². The molecule has 42 heavy (non-hydrogen) atoms. The van der Waals surface area contributed by atoms with E-state index in [2.05, 4.69) is 29.4 Å². The SMILES string of the molecule is CCN(CC)c1ccc2cc(C(=O)/C(=C\C=C/c3ccccc3Nc3ccccc3)Nc3ccccc3)c(=O)oc2c1. The number of allylic oxidation sites excluding steroid dienone is 3. The summed E-state index contributed by atoms with van der Waals surface area (Å²) < 4.78 is 5.66. The molecular formula is C36H33N3O3. The lowest BCUT2D eigenvalue weighted by Gasteiger charge is -2.21. The van der Waals surface area contributed by atoms with Crippen molar-refractivity contribution in [2.45, 2.75) is 13.8 Å². The monoisotopic (exact) mass is 555 g/mol. The van der Waals surface area contributed by atoms with Crippen molar-refractivity contribution in [2.24, 2.45) is 0 Å². The quantitative estimate of drug-likeness (QED) is 0.0739. The lowest BCUT2D eigenvalue weighted by atomic mass is 10.1. The van der Waals surface area contributed by atoms with E-state index < -0.39 is 11.4 Å². The molecule has 210 valence electrons. The molecule has 0 saturated carbocycles. The van der Waals surface area contributed by atoms with Crippen molar-refractivity contribution in [1.29, 1.82) is 0 Å². The first kappa shape index (κ1) is 28.2. The Hall–Kier alpha value is -5.36. The van der Waals surface area contributed by atoms with E-state index in [1.165, 1.54) is 0 Å². The molecule has 0 amide bonds. The highest BCUT2D eigenvalue weighted by atomic mass is 16.4. The van der Waals surface area contributed by atoms with Crippen molar-refractivity contribution in [2.75, 3.05) is 28.6 Å². The second-order valence-electron chi connectivity index (χ2n) is 9.68. The average Bonchev–Trinajstić information content (AvgIpc) is 3.02. The summed E-state index contributed by atoms with van der Waals surface area (Å²) in [5.41, 5.74) is 4.53. The Balaban J connectivity index is 1.48. The number of ketones is 1. The zero-order valence-electron chi connectivity index (χ0n) is 23.7. The number of benzene rings is 4. The molecule has 1 aromatic heterocycles. The summed E-state index contributed by atoms with van der Waals surface area (Å²) in [6.07, 6.45) is 5.40. The molecule has 1 heterocycles. The van der Waals surface area contributed by atoms with Crippen molar-refractivity contribution in [3.63, 3.8) is 0 Å². The van der Waals surface area contributed by atoms with Gasteiger partial charge in [0.05, 0.1) is 5.70 Å². The normalized spacial score (nSPS) is 11.5. The molecule has 0 aliphatic heterocycles. The van der Waals surface area contributed by atoms with E-state index in [-0.39, 0.29) is 11.3 Å². The number of fused-ring (bicyclic) bond motifs is 1. The first-order valence-corrected chi connectivity index (χ1v) is 14.0. The maximum absolute atomic E-state index is 13.8. The van der Waals surface area contributed by atoms with Crippen molar-refractivity contribution >= 4 is 45.6 Å². The molecule has 0 spiro atoms. The van der Waals surface area contributed by atoms with Crippen LogP contribution in [-0.4, -0.2) is 18.9 Å². The zero-order valence-corrected chi connectivity index (χ0v) is 23.7. The number of para-hydroxylation sites is 3. The molecule has 5 aromatic rings. The van der Waals surface area contributed by atoms with Gasteiger partial charge in [-0.05, 0) is 74.0 Å². The van der Waals surface area contributed by atoms with E-state index in [1.807, 2.05) is 109 Å². The molecule has 0 radical (unpaired) electrons. The van der Waals surface area contributed by atoms with Gasteiger partial charge in [-0.2, -0.15) is 0 Å². The second kappa shape index (κ2) is 13.3. The van der Waals surface area contributed by atoms with E-state index >= 15 is 0 Å². The first-order chi connectivity index (χ1) is 20.6. The summed E-state index contributed by atoms with van der Waals surface area (Å²) in [7, 11) is 0. The van der Waals surface area contributed by atoms with E-state index in [9.17, 15) is 9.59 Å². The van der Waals surface area contributed by atoms with Crippen LogP contribution in [0.5, 0.6) is 0 Å². The lowest BCUT2D eigenvalue weighted by molar-refractivity contribution is 0.103. The minimum Gasteiger partial charge on any atom is -0.422 e. The fourth-order valence-corrected chi connectivity index (χ4v) is 4.72. The predicted molar refractivity (Wildman–Crippen MR) is 174 cm³/mol. The molecule has 0 fully saturated rings. The van der Waals surface area contributed by atoms with E-state index in [1.54, 1.807) is 18.2 Å². The van der Waals surface area contributed by atoms with Gasteiger partial charge in [-0.15, -0.1) is 0 Å². The fraction of sp³-hybridized carbons (Fsp3) is 0.111. The van der Waals surface area contributed by atoms with Crippen LogP contribution in [0.3, 0.4) is 0 Å². The number of hydrogen-bond acceptors (Lipinski definition) is 6. The van der Waals surface area contributed by atoms with Crippen molar-refractivity contribution in [1.82, 2.24) is 0 Å². The van der Waals surface area contributed by atoms with Gasteiger partial charge in [0.25, 0.3) is 0 Å². The van der Waals surface area contributed by atoms with Gasteiger partial charge in [-0.1, -0.05) is 66.7 Å². The number of rotatable bonds is 11. The van der Waals surface area contributed by atoms with Crippen LogP contribution in [0.15, 0.2) is 136 Å². The third-order valence-corrected chi connectivity index (χ3v) is 6.94. The smallest absolute Gasteiger partial charge is 0.347 e. The molecule has 0 aliphatic carbocycles. The lowest BCUT2D eigenvalue weighted by Crippen LogP contribution is -2.22. The topological polar surface area (TPSA) is 74.6 Å². The van der Waals surface area contributed by atoms with Crippen LogP contribution in [-0.2, 0) is 0 Å². The summed E-state index contributed by atoms with van der Waals surface area (Å²) in [5.74, 6) is -0.456. The summed E-state index contributed by atoms with van der Waals surface area (Å²) in [5, 5.41) is 7.31. The number of nitrogens with one attached hydrogen (secondary N) is 2. The molecule has 0 saturated heterocycles. The molecule has 6 nitrogen and oxygen atoms in total. The van der Waals surface area contributed by atoms with Crippen LogP contribution in [0.2, 0.25) is 0 Å². The molecule has 4 aromatic carbocycles. The van der Waals surface area contributed by atoms with E-state index in [0.717, 1.165) is 41.4 Å². The number of nitrogens with zero attached hydrogens (tertiary/aromatic N) is 1. The van der Waals surface area contributed by atoms with Gasteiger partial charge in [-0.3, -0.25) is 4.79 Å². The number of Topliss-reactive ketones (excluding diaryl/α,β-unsaturated/α-hetero) is 1. The Bertz CT molecular complexity index is 1790. The van der Waals surface area contributed by atoms with Crippen LogP contribution in [0.25, 0.3) is 17.0 Å². The molecular weight excluding hydrogens is 522 g/mol. The Kier molecular flexibility index (Phi) is 8.94. The fourth-order valence-electron chi connectivity index (χ4n) is 4.72. The Labute approximate surface area is 245 Å². The molecule has 0 aliphatic rings. The number of carbonyl (C=O) groups is 1. The van der Waals surface area contributed by atoms with Crippen LogP contribution < -0.4 is 21.2 Å². The molecule has 0 unspecified atom stereocenters. The maximum Gasteiger partial charge on any atom is 0.347 e. The average molecular weight is 556 g/mol. The molecule has 0 atom stereocenters. The number of anilines is 4. The van der Waals surface area contributed by atoms with Gasteiger partial charge in [0.15, 0.2) is 0 Å². The largest absolute Gasteiger partial charge is 0.422 e. The van der Waals surface area contributed by atoms with Gasteiger partial charge in [0.1, 0.15) is 11.1 Å². The summed E-state index contributed by atoms with van der Waals surface area (Å²) in [6.45, 7) is 5.82. The standard InChI is InChI=1S/C36H33N3O3/c1-3-39(4-2)30-23-22-27-24-31(36(41)42-34(27)25-30)35(40)33(38-29-18-9-6-10-19-29)21-13-15-26-14-11-12-20-32(26)37-28-16-7-5-8-17-28/h5-25,37-38H,3-4H2,1-2H3/b15-13-,33-21+. The van der Waals surface area contributed by atoms with Crippen LogP contribution in [0.4, 0.5) is 22.7 Å². The molecule has 0 bridgehead atoms. The van der Waals surface area contributed by atoms with Gasteiger partial charge in [-0.25, -0.2) is 4.79 Å². The van der Waals surface area contributed by atoms with Crippen LogP contribution in [0.1, 0.15) is 29.8 Å². The minimum atomic E-state index is -0.675. The predicted octanol–water partition coefficient (Wildman–Crippen LogP) is 8.27. The number of hydrogen-bond donors (Lipinski definition) is 2. The van der Waals surface area contributed by atoms with Gasteiger partial charge in [0.2, 0.25) is 5.78 Å². The van der Waals surface area contributed by atoms with Gasteiger partial charge >= 0.3 is 5.63 Å². The van der Waals surface area contributed by atoms with Gasteiger partial charge < -0.3 is 20.0 Å². The molecule has 5 rings (SSSR count). The van der Waals surface area contributed by atoms with E-state index in [0.29, 0.717) is 11.0 Å². The zero-order chi connectivity index (χ0) is 29.3. The van der Waals surface area contributed by atoms with Gasteiger partial charge in [0, 0.05) is 47.3 Å². The molecule has 2 N–H and O–H groups in total. The first-order valence-electron chi connectivity index (χ1n) is 14.0. The summed E-state index contributed by atoms with van der Waals surface area (Å²) in [4.78, 5) is 29.0. The van der Waals surface area contributed by atoms with Crippen LogP contribution in [0, 0.1) is 0 Å². The van der Waals surface area contributed by atoms with Crippen LogP contribution >= 0.6 is 0 Å². The molecule has 6 heteroatoms. The second-order valence-corrected chi connectivity index (χ2v) is 9.68. The van der Waals surface area contributed by atoms with Crippen molar-refractivity contribution in [3.05, 3.63) is 149 Å². The summed E-state index contributed by atoms with van der Waals surface area (Å²) in [6, 6.07) is 34.5. The van der Waals surface area contributed by atoms with E-state index in [4.69, 9.17) is 4.42 Å². The summed E-state index contributed by atoms with van der Waals surface area (Å²) >= 11 is 0.